The van der Waals surface area contributed by atoms with Crippen LogP contribution in [-0.4, -0.2) is 29.3 Å². The molecule has 2 aromatic rings. The predicted molar refractivity (Wildman–Crippen MR) is 76.0 cm³/mol. The van der Waals surface area contributed by atoms with Crippen molar-refractivity contribution in [3.8, 4) is 5.69 Å². The van der Waals surface area contributed by atoms with Crippen molar-refractivity contribution >= 4 is 5.69 Å². The van der Waals surface area contributed by atoms with Gasteiger partial charge in [0.1, 0.15) is 0 Å². The van der Waals surface area contributed by atoms with Gasteiger partial charge in [-0.15, -0.1) is 0 Å². The van der Waals surface area contributed by atoms with Crippen molar-refractivity contribution in [3.63, 3.8) is 0 Å². The van der Waals surface area contributed by atoms with Gasteiger partial charge in [0.15, 0.2) is 0 Å². The first-order valence-electron chi connectivity index (χ1n) is 6.36. The molecule has 0 fully saturated rings. The first kappa shape index (κ1) is 13.4. The van der Waals surface area contributed by atoms with Gasteiger partial charge in [0, 0.05) is 31.2 Å². The summed E-state index contributed by atoms with van der Waals surface area (Å²) in [4.78, 5) is 14.1. The lowest BCUT2D eigenvalue weighted by molar-refractivity contribution is 0.184. The average Bonchev–Trinajstić information content (AvgIpc) is 2.85. The number of hydrogen-bond acceptors (Lipinski definition) is 3. The molecule has 0 aliphatic rings. The fourth-order valence-corrected chi connectivity index (χ4v) is 1.94. The van der Waals surface area contributed by atoms with E-state index in [-0.39, 0.29) is 5.69 Å². The maximum atomic E-state index is 11.5. The molecular formula is C14H19N3O2. The number of H-pyrrole nitrogens is 1. The number of nitrogens with zero attached hydrogens (tertiary/aromatic N) is 1. The molecule has 5 nitrogen and oxygen atoms in total. The molecule has 2 rings (SSSR count). The Kier molecular flexibility index (Phi) is 4.41. The number of anilines is 1. The molecule has 0 bridgehead atoms. The van der Waals surface area contributed by atoms with Gasteiger partial charge in [-0.25, -0.2) is 4.79 Å². The van der Waals surface area contributed by atoms with Gasteiger partial charge < -0.3 is 15.0 Å². The Morgan fingerprint density at radius 1 is 1.37 bits per heavy atom. The Labute approximate surface area is 112 Å². The minimum Gasteiger partial charge on any atom is -0.383 e. The van der Waals surface area contributed by atoms with Crippen LogP contribution in [0, 0.1) is 0 Å². The fraction of sp³-hybridized carbons (Fsp3) is 0.357. The summed E-state index contributed by atoms with van der Waals surface area (Å²) in [5, 5.41) is 3.40. The van der Waals surface area contributed by atoms with Crippen LogP contribution in [0.4, 0.5) is 5.69 Å². The summed E-state index contributed by atoms with van der Waals surface area (Å²) in [6.07, 6.45) is 4.33. The van der Waals surface area contributed by atoms with Crippen LogP contribution in [0.3, 0.4) is 0 Å². The molecule has 5 heteroatoms. The first-order valence-corrected chi connectivity index (χ1v) is 6.36. The van der Waals surface area contributed by atoms with Crippen molar-refractivity contribution in [2.45, 2.75) is 19.4 Å². The Bertz CT molecular complexity index is 557. The van der Waals surface area contributed by atoms with Gasteiger partial charge in [-0.2, -0.15) is 0 Å². The highest BCUT2D eigenvalue weighted by Crippen LogP contribution is 2.13. The van der Waals surface area contributed by atoms with E-state index in [1.807, 2.05) is 24.3 Å². The van der Waals surface area contributed by atoms with Gasteiger partial charge >= 0.3 is 5.69 Å². The summed E-state index contributed by atoms with van der Waals surface area (Å²) in [6.45, 7) is 2.79. The number of aromatic amines is 1. The van der Waals surface area contributed by atoms with Gasteiger partial charge in [-0.1, -0.05) is 6.92 Å². The lowest BCUT2D eigenvalue weighted by atomic mass is 10.2. The zero-order chi connectivity index (χ0) is 13.7. The first-order chi connectivity index (χ1) is 9.24. The third-order valence-corrected chi connectivity index (χ3v) is 3.03. The molecule has 19 heavy (non-hydrogen) atoms. The van der Waals surface area contributed by atoms with Crippen molar-refractivity contribution in [2.75, 3.05) is 19.0 Å². The fourth-order valence-electron chi connectivity index (χ4n) is 1.94. The molecule has 1 aromatic heterocycles. The van der Waals surface area contributed by atoms with Crippen LogP contribution in [0.5, 0.6) is 0 Å². The second-order valence-electron chi connectivity index (χ2n) is 4.39. The maximum Gasteiger partial charge on any atom is 0.330 e. The number of benzene rings is 1. The SMILES string of the molecule is CCC(COC)Nc1ccc(-n2cc[nH]c2=O)cc1. The van der Waals surface area contributed by atoms with Gasteiger partial charge in [0.25, 0.3) is 0 Å². The van der Waals surface area contributed by atoms with Crippen molar-refractivity contribution in [2.24, 2.45) is 0 Å². The Balaban J connectivity index is 2.10. The quantitative estimate of drug-likeness (QED) is 0.836. The van der Waals surface area contributed by atoms with E-state index in [0.717, 1.165) is 17.8 Å². The van der Waals surface area contributed by atoms with Crippen LogP contribution in [0.2, 0.25) is 0 Å². The summed E-state index contributed by atoms with van der Waals surface area (Å²) in [7, 11) is 1.70. The van der Waals surface area contributed by atoms with Crippen LogP contribution < -0.4 is 11.0 Å². The van der Waals surface area contributed by atoms with Crippen molar-refractivity contribution < 1.29 is 4.74 Å². The van der Waals surface area contributed by atoms with Crippen LogP contribution in [0.1, 0.15) is 13.3 Å². The molecule has 0 saturated carbocycles. The van der Waals surface area contributed by atoms with Gasteiger partial charge in [0.2, 0.25) is 0 Å². The zero-order valence-electron chi connectivity index (χ0n) is 11.2. The molecule has 0 spiro atoms. The van der Waals surface area contributed by atoms with Crippen molar-refractivity contribution in [1.82, 2.24) is 9.55 Å². The highest BCUT2D eigenvalue weighted by atomic mass is 16.5. The monoisotopic (exact) mass is 261 g/mol. The topological polar surface area (TPSA) is 59.0 Å². The number of hydrogen-bond donors (Lipinski definition) is 2. The molecule has 0 saturated heterocycles. The average molecular weight is 261 g/mol. The molecule has 1 heterocycles. The second-order valence-corrected chi connectivity index (χ2v) is 4.39. The maximum absolute atomic E-state index is 11.5. The van der Waals surface area contributed by atoms with E-state index in [1.54, 1.807) is 24.1 Å². The normalized spacial score (nSPS) is 12.3. The second kappa shape index (κ2) is 6.24. The third kappa shape index (κ3) is 3.26. The summed E-state index contributed by atoms with van der Waals surface area (Å²) in [6, 6.07) is 8.06. The molecule has 1 unspecified atom stereocenters. The van der Waals surface area contributed by atoms with Crippen LogP contribution in [-0.2, 0) is 4.74 Å². The van der Waals surface area contributed by atoms with E-state index < -0.39 is 0 Å². The lowest BCUT2D eigenvalue weighted by Crippen LogP contribution is -2.23. The molecular weight excluding hydrogens is 242 g/mol. The van der Waals surface area contributed by atoms with E-state index in [4.69, 9.17) is 4.74 Å². The molecule has 102 valence electrons. The largest absolute Gasteiger partial charge is 0.383 e. The third-order valence-electron chi connectivity index (χ3n) is 3.03. The Hall–Kier alpha value is -2.01. The standard InChI is InChI=1S/C14H19N3O2/c1-3-11(10-19-2)16-12-4-6-13(7-5-12)17-9-8-15-14(17)18/h4-9,11,16H,3,10H2,1-2H3,(H,15,18). The summed E-state index contributed by atoms with van der Waals surface area (Å²) < 4.78 is 6.72. The van der Waals surface area contributed by atoms with Crippen molar-refractivity contribution in [3.05, 3.63) is 47.1 Å². The molecule has 0 aliphatic carbocycles. The molecule has 2 N–H and O–H groups in total. The van der Waals surface area contributed by atoms with Crippen LogP contribution in [0.25, 0.3) is 5.69 Å². The van der Waals surface area contributed by atoms with Crippen LogP contribution in [0.15, 0.2) is 41.5 Å². The van der Waals surface area contributed by atoms with Gasteiger partial charge in [-0.05, 0) is 30.7 Å². The van der Waals surface area contributed by atoms with E-state index in [2.05, 4.69) is 17.2 Å². The number of rotatable bonds is 6. The molecule has 0 aliphatic heterocycles. The number of methoxy groups -OCH3 is 1. The van der Waals surface area contributed by atoms with Crippen LogP contribution >= 0.6 is 0 Å². The van der Waals surface area contributed by atoms with E-state index in [9.17, 15) is 4.79 Å². The number of aromatic nitrogens is 2. The van der Waals surface area contributed by atoms with E-state index >= 15 is 0 Å². The molecule has 1 aromatic carbocycles. The minimum absolute atomic E-state index is 0.133. The summed E-state index contributed by atoms with van der Waals surface area (Å²) in [5.41, 5.74) is 1.74. The van der Waals surface area contributed by atoms with Gasteiger partial charge in [-0.3, -0.25) is 4.57 Å². The highest BCUT2D eigenvalue weighted by molar-refractivity contribution is 5.49. The Morgan fingerprint density at radius 2 is 2.11 bits per heavy atom. The molecule has 0 radical (unpaired) electrons. The lowest BCUT2D eigenvalue weighted by Gasteiger charge is -2.17. The molecule has 1 atom stereocenters. The van der Waals surface area contributed by atoms with E-state index in [0.29, 0.717) is 12.6 Å². The van der Waals surface area contributed by atoms with Gasteiger partial charge in [0.05, 0.1) is 12.3 Å². The number of ether oxygens (including phenoxy) is 1. The highest BCUT2D eigenvalue weighted by Gasteiger charge is 2.05. The predicted octanol–water partition coefficient (Wildman–Crippen LogP) is 2.00. The number of imidazole rings is 1. The Morgan fingerprint density at radius 3 is 2.63 bits per heavy atom. The summed E-state index contributed by atoms with van der Waals surface area (Å²) in [5.74, 6) is 0. The van der Waals surface area contributed by atoms with E-state index in [1.165, 1.54) is 0 Å². The smallest absolute Gasteiger partial charge is 0.330 e. The van der Waals surface area contributed by atoms with Crippen molar-refractivity contribution in [1.29, 1.82) is 0 Å². The molecule has 0 amide bonds. The zero-order valence-corrected chi connectivity index (χ0v) is 11.2. The summed E-state index contributed by atoms with van der Waals surface area (Å²) >= 11 is 0. The number of nitrogens with one attached hydrogen (secondary N) is 2. The minimum atomic E-state index is -0.133.